The van der Waals surface area contributed by atoms with Crippen LogP contribution in [0.2, 0.25) is 0 Å². The highest BCUT2D eigenvalue weighted by molar-refractivity contribution is 6.12. The Kier molecular flexibility index (Phi) is 4.90. The van der Waals surface area contributed by atoms with Gasteiger partial charge in [-0.3, -0.25) is 9.78 Å². The Bertz CT molecular complexity index is 1710. The molecule has 2 heterocycles. The summed E-state index contributed by atoms with van der Waals surface area (Å²) in [6, 6.07) is 18.3. The van der Waals surface area contributed by atoms with Crippen LogP contribution in [0.25, 0.3) is 33.5 Å². The molecule has 2 aromatic heterocycles. The molecule has 4 aromatic rings. The number of allylic oxidation sites excluding steroid dienone is 4. The quantitative estimate of drug-likeness (QED) is 0.355. The van der Waals surface area contributed by atoms with Crippen molar-refractivity contribution in [3.63, 3.8) is 0 Å². The van der Waals surface area contributed by atoms with E-state index in [4.69, 9.17) is 9.97 Å². The van der Waals surface area contributed by atoms with E-state index >= 15 is 4.39 Å². The third-order valence-electron chi connectivity index (χ3n) is 7.36. The van der Waals surface area contributed by atoms with Gasteiger partial charge in [-0.05, 0) is 68.2 Å². The van der Waals surface area contributed by atoms with E-state index in [1.165, 1.54) is 6.07 Å². The van der Waals surface area contributed by atoms with E-state index in [1.54, 1.807) is 37.4 Å². The zero-order valence-corrected chi connectivity index (χ0v) is 19.8. The summed E-state index contributed by atoms with van der Waals surface area (Å²) >= 11 is 0. The molecule has 36 heavy (non-hydrogen) atoms. The van der Waals surface area contributed by atoms with Crippen LogP contribution in [0.3, 0.4) is 0 Å². The maximum atomic E-state index is 15.1. The number of benzene rings is 2. The van der Waals surface area contributed by atoms with Crippen LogP contribution in [-0.4, -0.2) is 20.7 Å². The van der Waals surface area contributed by atoms with Gasteiger partial charge in [0.25, 0.3) is 0 Å². The topological polar surface area (TPSA) is 79.5 Å². The smallest absolute Gasteiger partial charge is 0.198 e. The molecule has 5 nitrogen and oxygen atoms in total. The number of nitriles is 1. The van der Waals surface area contributed by atoms with Gasteiger partial charge < -0.3 is 0 Å². The lowest BCUT2D eigenvalue weighted by Crippen LogP contribution is -2.36. The number of Topliss-reactive ketones (excluding diaryl/α,β-unsaturated/α-hetero) is 1. The first-order chi connectivity index (χ1) is 17.4. The lowest BCUT2D eigenvalue weighted by molar-refractivity contribution is -0.112. The lowest BCUT2D eigenvalue weighted by atomic mass is 9.64. The minimum Gasteiger partial charge on any atom is -0.288 e. The molecule has 0 saturated heterocycles. The van der Waals surface area contributed by atoms with Gasteiger partial charge in [0.15, 0.2) is 11.6 Å². The number of hydrogen-bond donors (Lipinski definition) is 0. The molecule has 2 aliphatic rings. The predicted octanol–water partition coefficient (Wildman–Crippen LogP) is 6.05. The number of para-hydroxylation sites is 1. The van der Waals surface area contributed by atoms with Crippen molar-refractivity contribution in [3.05, 3.63) is 101 Å². The number of ketones is 1. The van der Waals surface area contributed by atoms with Gasteiger partial charge in [0.05, 0.1) is 27.9 Å². The number of carbonyl (C=O) groups excluding carboxylic acids is 1. The highest BCUT2D eigenvalue weighted by Gasteiger charge is 2.43. The Morgan fingerprint density at radius 2 is 1.78 bits per heavy atom. The first-order valence-corrected chi connectivity index (χ1v) is 11.8. The Morgan fingerprint density at radius 3 is 2.58 bits per heavy atom. The number of carbonyl (C=O) groups is 1. The van der Waals surface area contributed by atoms with Gasteiger partial charge in [0.2, 0.25) is 0 Å². The highest BCUT2D eigenvalue weighted by Crippen LogP contribution is 2.48. The number of halogens is 1. The van der Waals surface area contributed by atoms with Crippen LogP contribution in [0.4, 0.5) is 4.39 Å². The molecule has 2 aliphatic carbocycles. The molecule has 1 atom stereocenters. The summed E-state index contributed by atoms with van der Waals surface area (Å²) in [6.45, 7) is 3.77. The fourth-order valence-electron chi connectivity index (χ4n) is 5.60. The van der Waals surface area contributed by atoms with Crippen molar-refractivity contribution in [1.29, 1.82) is 5.26 Å². The van der Waals surface area contributed by atoms with Crippen LogP contribution < -0.4 is 0 Å². The van der Waals surface area contributed by atoms with E-state index in [-0.39, 0.29) is 17.2 Å². The van der Waals surface area contributed by atoms with Crippen molar-refractivity contribution in [3.8, 4) is 28.7 Å². The van der Waals surface area contributed by atoms with Crippen molar-refractivity contribution in [2.75, 3.05) is 0 Å². The number of hydrogen-bond acceptors (Lipinski definition) is 5. The monoisotopic (exact) mass is 472 g/mol. The van der Waals surface area contributed by atoms with E-state index in [2.05, 4.69) is 11.1 Å². The highest BCUT2D eigenvalue weighted by atomic mass is 19.1. The Morgan fingerprint density at radius 1 is 1.00 bits per heavy atom. The average molecular weight is 473 g/mol. The zero-order valence-electron chi connectivity index (χ0n) is 19.8. The number of rotatable bonds is 2. The maximum absolute atomic E-state index is 15.1. The second-order valence-corrected chi connectivity index (χ2v) is 9.38. The van der Waals surface area contributed by atoms with Gasteiger partial charge in [0.1, 0.15) is 11.9 Å². The van der Waals surface area contributed by atoms with Gasteiger partial charge in [-0.25, -0.2) is 14.4 Å². The molecular formula is C30H21FN4O. The fourth-order valence-corrected chi connectivity index (χ4v) is 5.60. The van der Waals surface area contributed by atoms with E-state index < -0.39 is 5.41 Å². The zero-order chi connectivity index (χ0) is 25.0. The summed E-state index contributed by atoms with van der Waals surface area (Å²) in [6.07, 6.45) is 4.62. The van der Waals surface area contributed by atoms with Crippen molar-refractivity contribution in [2.24, 2.45) is 0 Å². The summed E-state index contributed by atoms with van der Waals surface area (Å²) < 4.78 is 15.1. The largest absolute Gasteiger partial charge is 0.288 e. The van der Waals surface area contributed by atoms with Crippen LogP contribution in [0.5, 0.6) is 0 Å². The van der Waals surface area contributed by atoms with Crippen LogP contribution >= 0.6 is 0 Å². The molecule has 6 heteroatoms. The molecule has 0 N–H and O–H groups in total. The van der Waals surface area contributed by atoms with Gasteiger partial charge in [-0.1, -0.05) is 30.3 Å². The van der Waals surface area contributed by atoms with Gasteiger partial charge in [-0.15, -0.1) is 0 Å². The molecule has 0 spiro atoms. The normalized spacial score (nSPS) is 18.9. The average Bonchev–Trinajstić information content (AvgIpc) is 2.90. The second-order valence-electron chi connectivity index (χ2n) is 9.38. The first-order valence-electron chi connectivity index (χ1n) is 11.8. The molecular weight excluding hydrogens is 451 g/mol. The van der Waals surface area contributed by atoms with E-state index in [9.17, 15) is 10.1 Å². The summed E-state index contributed by atoms with van der Waals surface area (Å²) in [4.78, 5) is 27.3. The third-order valence-corrected chi connectivity index (χ3v) is 7.36. The molecule has 0 unspecified atom stereocenters. The molecule has 0 fully saturated rings. The van der Waals surface area contributed by atoms with Crippen molar-refractivity contribution >= 4 is 16.7 Å². The Balaban J connectivity index is 1.72. The molecule has 174 valence electrons. The predicted molar refractivity (Wildman–Crippen MR) is 135 cm³/mol. The summed E-state index contributed by atoms with van der Waals surface area (Å²) in [5.74, 6) is -0.148. The van der Waals surface area contributed by atoms with Crippen LogP contribution in [0.15, 0.2) is 83.6 Å². The maximum Gasteiger partial charge on any atom is 0.198 e. The minimum absolute atomic E-state index is 0.105. The summed E-state index contributed by atoms with van der Waals surface area (Å²) in [5, 5.41) is 10.6. The van der Waals surface area contributed by atoms with E-state index in [1.807, 2.05) is 37.3 Å². The standard InChI is InChI=1S/C30H21FN4O/c1-17-23-12-11-22-26(21-8-3-5-9-24(21)31)34-29(20-13-14-33-25-10-6-4-7-19(20)25)35-28(22)30(23,2)15-18(16-32)27(17)36/h3-10,13-15H,11-12H2,1-2H3/t30-/m1/s1. The fraction of sp³-hybridized carbons (Fsp3) is 0.167. The number of aromatic nitrogens is 3. The lowest BCUT2D eigenvalue weighted by Gasteiger charge is -2.39. The third kappa shape index (κ3) is 3.13. The minimum atomic E-state index is -0.781. The van der Waals surface area contributed by atoms with Crippen molar-refractivity contribution in [2.45, 2.75) is 32.1 Å². The van der Waals surface area contributed by atoms with Crippen LogP contribution in [-0.2, 0) is 16.6 Å². The Hall–Kier alpha value is -4.50. The second kappa shape index (κ2) is 8.03. The van der Waals surface area contributed by atoms with Crippen molar-refractivity contribution < 1.29 is 9.18 Å². The van der Waals surface area contributed by atoms with Crippen LogP contribution in [0.1, 0.15) is 31.5 Å². The molecule has 6 rings (SSSR count). The van der Waals surface area contributed by atoms with Gasteiger partial charge in [0, 0.05) is 28.3 Å². The molecule has 0 radical (unpaired) electrons. The van der Waals surface area contributed by atoms with Crippen molar-refractivity contribution in [1.82, 2.24) is 15.0 Å². The number of nitrogens with zero attached hydrogens (tertiary/aromatic N) is 4. The van der Waals surface area contributed by atoms with Gasteiger partial charge in [-0.2, -0.15) is 5.26 Å². The number of fused-ring (bicyclic) bond motifs is 4. The summed E-state index contributed by atoms with van der Waals surface area (Å²) in [5.41, 5.74) is 4.93. The number of pyridine rings is 1. The molecule has 0 amide bonds. The molecule has 0 bridgehead atoms. The molecule has 0 saturated carbocycles. The van der Waals surface area contributed by atoms with E-state index in [0.29, 0.717) is 41.2 Å². The first kappa shape index (κ1) is 22.0. The van der Waals surface area contributed by atoms with Crippen LogP contribution in [0, 0.1) is 17.1 Å². The summed E-state index contributed by atoms with van der Waals surface area (Å²) in [7, 11) is 0. The van der Waals surface area contributed by atoms with E-state index in [0.717, 1.165) is 27.6 Å². The molecule has 0 aliphatic heterocycles. The SMILES string of the molecule is CC1=C2CCc3c(-c4ccccc4F)nc(-c4ccnc5ccccc45)nc3[C@]2(C)C=C(C#N)C1=O. The van der Waals surface area contributed by atoms with Gasteiger partial charge >= 0.3 is 0 Å². The Labute approximate surface area is 207 Å². The molecule has 2 aromatic carbocycles.